The first-order valence-electron chi connectivity index (χ1n) is 6.09. The Labute approximate surface area is 120 Å². The minimum atomic E-state index is -0.974. The first-order valence-corrected chi connectivity index (χ1v) is 6.91. The molecule has 0 atom stereocenters. The molecule has 5 nitrogen and oxygen atoms in total. The number of methoxy groups -OCH3 is 1. The van der Waals surface area contributed by atoms with Crippen molar-refractivity contribution in [2.75, 3.05) is 13.7 Å². The van der Waals surface area contributed by atoms with E-state index in [1.807, 2.05) is 30.3 Å². The second-order valence-corrected chi connectivity index (χ2v) is 5.12. The molecular weight excluding hydrogens is 278 g/mol. The Kier molecular flexibility index (Phi) is 5.09. The number of aromatic carboxylic acids is 1. The van der Waals surface area contributed by atoms with Crippen LogP contribution in [0.4, 0.5) is 0 Å². The molecule has 0 aliphatic rings. The largest absolute Gasteiger partial charge is 0.487 e. The second-order valence-electron chi connectivity index (χ2n) is 4.03. The van der Waals surface area contributed by atoms with Crippen LogP contribution in [-0.4, -0.2) is 29.8 Å². The number of carboxylic acids is 1. The number of benzene rings is 1. The van der Waals surface area contributed by atoms with E-state index in [-0.39, 0.29) is 11.5 Å². The summed E-state index contributed by atoms with van der Waals surface area (Å²) in [6, 6.07) is 9.25. The molecule has 0 saturated carbocycles. The molecule has 1 N–H and O–H groups in total. The third kappa shape index (κ3) is 3.79. The van der Waals surface area contributed by atoms with Crippen molar-refractivity contribution >= 4 is 17.3 Å². The Balaban J connectivity index is 2.09. The molecule has 2 aromatic rings. The molecule has 0 aliphatic carbocycles. The molecule has 1 heterocycles. The average molecular weight is 293 g/mol. The van der Waals surface area contributed by atoms with Crippen LogP contribution in [0.5, 0.6) is 5.75 Å². The van der Waals surface area contributed by atoms with Gasteiger partial charge in [-0.2, -0.15) is 0 Å². The minimum absolute atomic E-state index is 0.148. The molecule has 1 aromatic heterocycles. The summed E-state index contributed by atoms with van der Waals surface area (Å²) in [6.45, 7) is 0.667. The molecule has 6 heteroatoms. The molecular formula is C14H15NO4S. The van der Waals surface area contributed by atoms with Crippen molar-refractivity contribution in [3.8, 4) is 5.75 Å². The third-order valence-electron chi connectivity index (χ3n) is 2.57. The van der Waals surface area contributed by atoms with E-state index in [4.69, 9.17) is 9.47 Å². The minimum Gasteiger partial charge on any atom is -0.487 e. The number of nitrogens with zero attached hydrogens (tertiary/aromatic N) is 1. The lowest BCUT2D eigenvalue weighted by Gasteiger charge is -2.04. The molecule has 0 spiro atoms. The maximum atomic E-state index is 11.2. The Morgan fingerprint density at radius 3 is 2.75 bits per heavy atom. The van der Waals surface area contributed by atoms with Crippen LogP contribution in [-0.2, 0) is 17.8 Å². The number of rotatable bonds is 7. The van der Waals surface area contributed by atoms with Crippen molar-refractivity contribution in [1.29, 1.82) is 0 Å². The molecule has 0 unspecified atom stereocenters. The number of carboxylic acid groups (broad SMARTS) is 1. The normalized spacial score (nSPS) is 10.4. The van der Waals surface area contributed by atoms with Gasteiger partial charge in [0.15, 0.2) is 0 Å². The predicted molar refractivity (Wildman–Crippen MR) is 75.4 cm³/mol. The molecule has 0 aliphatic heterocycles. The zero-order chi connectivity index (χ0) is 14.4. The van der Waals surface area contributed by atoms with Crippen LogP contribution in [0.3, 0.4) is 0 Å². The number of para-hydroxylation sites is 1. The van der Waals surface area contributed by atoms with Crippen molar-refractivity contribution < 1.29 is 19.4 Å². The Hall–Kier alpha value is -1.92. The fourth-order valence-electron chi connectivity index (χ4n) is 1.63. The summed E-state index contributed by atoms with van der Waals surface area (Å²) < 4.78 is 10.5. The van der Waals surface area contributed by atoms with E-state index in [0.717, 1.165) is 5.01 Å². The Bertz CT molecular complexity index is 568. The van der Waals surface area contributed by atoms with Crippen LogP contribution >= 0.6 is 11.3 Å². The first-order chi connectivity index (χ1) is 9.70. The number of hydrogen-bond donors (Lipinski definition) is 1. The summed E-state index contributed by atoms with van der Waals surface area (Å²) in [5, 5.41) is 9.93. The highest BCUT2D eigenvalue weighted by Gasteiger charge is 2.17. The van der Waals surface area contributed by atoms with E-state index in [1.165, 1.54) is 11.3 Å². The van der Waals surface area contributed by atoms with Gasteiger partial charge in [-0.3, -0.25) is 0 Å². The average Bonchev–Trinajstić information content (AvgIpc) is 2.87. The van der Waals surface area contributed by atoms with Crippen LogP contribution < -0.4 is 4.74 Å². The summed E-state index contributed by atoms with van der Waals surface area (Å²) in [4.78, 5) is 15.7. The topological polar surface area (TPSA) is 68.7 Å². The van der Waals surface area contributed by atoms with Crippen LogP contribution in [0.25, 0.3) is 0 Å². The van der Waals surface area contributed by atoms with E-state index in [1.54, 1.807) is 7.11 Å². The molecule has 0 radical (unpaired) electrons. The van der Waals surface area contributed by atoms with Crippen molar-refractivity contribution in [3.63, 3.8) is 0 Å². The molecule has 0 fully saturated rings. The van der Waals surface area contributed by atoms with Crippen LogP contribution in [0, 0.1) is 0 Å². The smallest absolute Gasteiger partial charge is 0.347 e. The molecule has 0 amide bonds. The van der Waals surface area contributed by atoms with E-state index >= 15 is 0 Å². The van der Waals surface area contributed by atoms with E-state index in [0.29, 0.717) is 24.5 Å². The van der Waals surface area contributed by atoms with Crippen LogP contribution in [0.15, 0.2) is 30.3 Å². The maximum absolute atomic E-state index is 11.2. The molecule has 0 bridgehead atoms. The zero-order valence-corrected chi connectivity index (χ0v) is 11.9. The predicted octanol–water partition coefficient (Wildman–Crippen LogP) is 2.61. The summed E-state index contributed by atoms with van der Waals surface area (Å²) in [6.07, 6.45) is 0.604. The van der Waals surface area contributed by atoms with Crippen molar-refractivity contribution in [3.05, 3.63) is 45.9 Å². The standard InChI is InChI=1S/C14H15NO4S/c1-18-8-7-12-15-11(13(20-12)14(16)17)9-19-10-5-3-2-4-6-10/h2-6H,7-9H2,1H3,(H,16,17). The lowest BCUT2D eigenvalue weighted by atomic mass is 10.3. The van der Waals surface area contributed by atoms with E-state index < -0.39 is 5.97 Å². The van der Waals surface area contributed by atoms with Crippen LogP contribution in [0.1, 0.15) is 20.4 Å². The van der Waals surface area contributed by atoms with Gasteiger partial charge < -0.3 is 14.6 Å². The lowest BCUT2D eigenvalue weighted by Crippen LogP contribution is -2.03. The molecule has 2 rings (SSSR count). The third-order valence-corrected chi connectivity index (χ3v) is 3.72. The zero-order valence-electron chi connectivity index (χ0n) is 11.0. The van der Waals surface area contributed by atoms with Crippen LogP contribution in [0.2, 0.25) is 0 Å². The number of aromatic nitrogens is 1. The number of hydrogen-bond acceptors (Lipinski definition) is 5. The van der Waals surface area contributed by atoms with Crippen molar-refractivity contribution in [1.82, 2.24) is 4.98 Å². The van der Waals surface area contributed by atoms with Crippen molar-refractivity contribution in [2.45, 2.75) is 13.0 Å². The van der Waals surface area contributed by atoms with Gasteiger partial charge in [0.05, 0.1) is 11.6 Å². The SMILES string of the molecule is COCCc1nc(COc2ccccc2)c(C(=O)O)s1. The number of thiazole rings is 1. The monoisotopic (exact) mass is 293 g/mol. The summed E-state index contributed by atoms with van der Waals surface area (Å²) in [5.41, 5.74) is 0.456. The lowest BCUT2D eigenvalue weighted by molar-refractivity contribution is 0.0699. The number of carbonyl (C=O) groups is 1. The second kappa shape index (κ2) is 7.02. The maximum Gasteiger partial charge on any atom is 0.347 e. The van der Waals surface area contributed by atoms with Gasteiger partial charge in [-0.05, 0) is 12.1 Å². The molecule has 106 valence electrons. The molecule has 1 aromatic carbocycles. The van der Waals surface area contributed by atoms with Gasteiger partial charge >= 0.3 is 5.97 Å². The van der Waals surface area contributed by atoms with Gasteiger partial charge in [0.2, 0.25) is 0 Å². The molecule has 0 saturated heterocycles. The molecule has 20 heavy (non-hydrogen) atoms. The summed E-state index contributed by atoms with van der Waals surface area (Å²) in [7, 11) is 1.60. The van der Waals surface area contributed by atoms with Gasteiger partial charge in [0.1, 0.15) is 22.9 Å². The fourth-order valence-corrected chi connectivity index (χ4v) is 2.52. The highest BCUT2D eigenvalue weighted by molar-refractivity contribution is 7.13. The first kappa shape index (κ1) is 14.5. The highest BCUT2D eigenvalue weighted by atomic mass is 32.1. The summed E-state index contributed by atoms with van der Waals surface area (Å²) in [5.74, 6) is -0.284. The van der Waals surface area contributed by atoms with Gasteiger partial charge in [0.25, 0.3) is 0 Å². The highest BCUT2D eigenvalue weighted by Crippen LogP contribution is 2.21. The Morgan fingerprint density at radius 2 is 2.10 bits per heavy atom. The van der Waals surface area contributed by atoms with Gasteiger partial charge in [0, 0.05) is 13.5 Å². The summed E-state index contributed by atoms with van der Waals surface area (Å²) >= 11 is 1.17. The fraction of sp³-hybridized carbons (Fsp3) is 0.286. The van der Waals surface area contributed by atoms with Gasteiger partial charge in [-0.15, -0.1) is 11.3 Å². The number of ether oxygens (including phenoxy) is 2. The van der Waals surface area contributed by atoms with Crippen molar-refractivity contribution in [2.24, 2.45) is 0 Å². The van der Waals surface area contributed by atoms with E-state index in [9.17, 15) is 9.90 Å². The van der Waals surface area contributed by atoms with Gasteiger partial charge in [-0.1, -0.05) is 18.2 Å². The van der Waals surface area contributed by atoms with E-state index in [2.05, 4.69) is 4.98 Å². The van der Waals surface area contributed by atoms with Gasteiger partial charge in [-0.25, -0.2) is 9.78 Å². The Morgan fingerprint density at radius 1 is 1.35 bits per heavy atom. The quantitative estimate of drug-likeness (QED) is 0.850.